The molecule has 4 heteroatoms. The molecule has 0 aliphatic carbocycles. The molecule has 28 heavy (non-hydrogen) atoms. The van der Waals surface area contributed by atoms with E-state index >= 15 is 0 Å². The molecule has 0 aromatic carbocycles. The van der Waals surface area contributed by atoms with Gasteiger partial charge in [0.15, 0.2) is 5.41 Å². The van der Waals surface area contributed by atoms with Crippen molar-refractivity contribution >= 4 is 11.9 Å². The van der Waals surface area contributed by atoms with Gasteiger partial charge in [-0.15, -0.1) is 0 Å². The minimum absolute atomic E-state index is 0.267. The van der Waals surface area contributed by atoms with E-state index in [0.717, 1.165) is 25.7 Å². The standard InChI is InChI=1S/C24H46O4/c1-3-5-7-9-11-12-13-15-17-19-21-24(22(25)26,23(27)28)20-18-16-14-10-8-6-4-2/h3-21H2,1-2H3,(H,25,26)(H,27,28). The molecule has 0 heterocycles. The van der Waals surface area contributed by atoms with Gasteiger partial charge in [-0.1, -0.05) is 123 Å². The van der Waals surface area contributed by atoms with E-state index < -0.39 is 17.4 Å². The number of carboxylic acids is 2. The van der Waals surface area contributed by atoms with Gasteiger partial charge in [-0.25, -0.2) is 0 Å². The van der Waals surface area contributed by atoms with Crippen LogP contribution in [0.25, 0.3) is 0 Å². The molecular weight excluding hydrogens is 352 g/mol. The Morgan fingerprint density at radius 3 is 1.00 bits per heavy atom. The number of hydrogen-bond acceptors (Lipinski definition) is 2. The first-order chi connectivity index (χ1) is 13.5. The van der Waals surface area contributed by atoms with Gasteiger partial charge in [0.25, 0.3) is 0 Å². The van der Waals surface area contributed by atoms with E-state index in [9.17, 15) is 19.8 Å². The summed E-state index contributed by atoms with van der Waals surface area (Å²) >= 11 is 0. The number of aliphatic carboxylic acids is 2. The van der Waals surface area contributed by atoms with Crippen LogP contribution in [-0.4, -0.2) is 22.2 Å². The van der Waals surface area contributed by atoms with E-state index in [2.05, 4.69) is 13.8 Å². The second-order valence-corrected chi connectivity index (χ2v) is 8.50. The highest BCUT2D eigenvalue weighted by Gasteiger charge is 2.45. The Morgan fingerprint density at radius 1 is 0.500 bits per heavy atom. The first-order valence-electron chi connectivity index (χ1n) is 12.0. The molecule has 0 saturated carbocycles. The summed E-state index contributed by atoms with van der Waals surface area (Å²) < 4.78 is 0. The summed E-state index contributed by atoms with van der Waals surface area (Å²) in [6.07, 6.45) is 19.7. The third kappa shape index (κ3) is 12.4. The molecular formula is C24H46O4. The predicted molar refractivity (Wildman–Crippen MR) is 117 cm³/mol. The van der Waals surface area contributed by atoms with Gasteiger partial charge in [0, 0.05) is 0 Å². The van der Waals surface area contributed by atoms with E-state index in [0.29, 0.717) is 12.8 Å². The molecule has 0 amide bonds. The van der Waals surface area contributed by atoms with Crippen LogP contribution in [-0.2, 0) is 9.59 Å². The predicted octanol–water partition coefficient (Wildman–Crippen LogP) is 7.59. The first-order valence-corrected chi connectivity index (χ1v) is 12.0. The van der Waals surface area contributed by atoms with Crippen molar-refractivity contribution in [1.82, 2.24) is 0 Å². The van der Waals surface area contributed by atoms with E-state index in [-0.39, 0.29) is 12.8 Å². The van der Waals surface area contributed by atoms with Gasteiger partial charge >= 0.3 is 11.9 Å². The van der Waals surface area contributed by atoms with Crippen molar-refractivity contribution < 1.29 is 19.8 Å². The molecule has 2 N–H and O–H groups in total. The highest BCUT2D eigenvalue weighted by atomic mass is 16.4. The summed E-state index contributed by atoms with van der Waals surface area (Å²) in [5.41, 5.74) is -1.58. The molecule has 0 aliphatic rings. The molecule has 0 bridgehead atoms. The SMILES string of the molecule is CCCCCCCCCCCCC(CCCCCCCCC)(C(=O)O)C(=O)O. The van der Waals surface area contributed by atoms with Crippen LogP contribution in [0.5, 0.6) is 0 Å². The Labute approximate surface area is 173 Å². The molecule has 0 rings (SSSR count). The largest absolute Gasteiger partial charge is 0.480 e. The van der Waals surface area contributed by atoms with Crippen LogP contribution in [0.1, 0.15) is 136 Å². The Kier molecular flexibility index (Phi) is 17.3. The molecule has 0 fully saturated rings. The average molecular weight is 399 g/mol. The molecule has 166 valence electrons. The number of carbonyl (C=O) groups is 2. The Hall–Kier alpha value is -1.06. The van der Waals surface area contributed by atoms with Gasteiger partial charge in [-0.2, -0.15) is 0 Å². The lowest BCUT2D eigenvalue weighted by Crippen LogP contribution is -2.39. The molecule has 0 atom stereocenters. The topological polar surface area (TPSA) is 74.6 Å². The van der Waals surface area contributed by atoms with E-state index in [1.54, 1.807) is 0 Å². The van der Waals surface area contributed by atoms with Crippen molar-refractivity contribution in [3.63, 3.8) is 0 Å². The van der Waals surface area contributed by atoms with Crippen molar-refractivity contribution in [3.8, 4) is 0 Å². The summed E-state index contributed by atoms with van der Waals surface area (Å²) in [5.74, 6) is -2.30. The van der Waals surface area contributed by atoms with Crippen LogP contribution in [0.2, 0.25) is 0 Å². The van der Waals surface area contributed by atoms with E-state index in [1.165, 1.54) is 70.6 Å². The fourth-order valence-electron chi connectivity index (χ4n) is 3.94. The van der Waals surface area contributed by atoms with Crippen molar-refractivity contribution in [2.45, 2.75) is 136 Å². The molecule has 0 aliphatic heterocycles. The number of hydrogen-bond donors (Lipinski definition) is 2. The van der Waals surface area contributed by atoms with Crippen molar-refractivity contribution in [2.24, 2.45) is 5.41 Å². The number of carboxylic acid groups (broad SMARTS) is 2. The highest BCUT2D eigenvalue weighted by molar-refractivity contribution is 5.98. The van der Waals surface area contributed by atoms with Crippen molar-refractivity contribution in [2.75, 3.05) is 0 Å². The van der Waals surface area contributed by atoms with Crippen molar-refractivity contribution in [1.29, 1.82) is 0 Å². The van der Waals surface area contributed by atoms with Crippen LogP contribution < -0.4 is 0 Å². The lowest BCUT2D eigenvalue weighted by molar-refractivity contribution is -0.166. The fraction of sp³-hybridized carbons (Fsp3) is 0.917. The Bertz CT molecular complexity index is 378. The van der Waals surface area contributed by atoms with Crippen LogP contribution in [0.3, 0.4) is 0 Å². The third-order valence-electron chi connectivity index (χ3n) is 5.98. The minimum atomic E-state index is -1.58. The smallest absolute Gasteiger partial charge is 0.321 e. The zero-order valence-electron chi connectivity index (χ0n) is 18.6. The maximum atomic E-state index is 11.8. The molecule has 0 spiro atoms. The third-order valence-corrected chi connectivity index (χ3v) is 5.98. The first kappa shape index (κ1) is 26.9. The summed E-state index contributed by atoms with van der Waals surface area (Å²) in [6, 6.07) is 0. The number of rotatable bonds is 21. The average Bonchev–Trinajstić information content (AvgIpc) is 2.66. The second-order valence-electron chi connectivity index (χ2n) is 8.50. The summed E-state index contributed by atoms with van der Waals surface area (Å²) in [5, 5.41) is 19.3. The van der Waals surface area contributed by atoms with Gasteiger partial charge in [0.05, 0.1) is 0 Å². The molecule has 0 aromatic rings. The van der Waals surface area contributed by atoms with Crippen molar-refractivity contribution in [3.05, 3.63) is 0 Å². The molecule has 0 unspecified atom stereocenters. The Morgan fingerprint density at radius 2 is 0.750 bits per heavy atom. The fourth-order valence-corrected chi connectivity index (χ4v) is 3.94. The summed E-state index contributed by atoms with van der Waals surface area (Å²) in [4.78, 5) is 23.6. The van der Waals surface area contributed by atoms with Crippen LogP contribution in [0.4, 0.5) is 0 Å². The Balaban J connectivity index is 4.08. The summed E-state index contributed by atoms with van der Waals surface area (Å²) in [6.45, 7) is 4.41. The molecule has 0 aromatic heterocycles. The normalized spacial score (nSPS) is 11.6. The maximum absolute atomic E-state index is 11.8. The molecule has 0 radical (unpaired) electrons. The lowest BCUT2D eigenvalue weighted by atomic mass is 9.78. The van der Waals surface area contributed by atoms with Gasteiger partial charge in [0.1, 0.15) is 0 Å². The van der Waals surface area contributed by atoms with E-state index in [4.69, 9.17) is 0 Å². The van der Waals surface area contributed by atoms with Gasteiger partial charge < -0.3 is 10.2 Å². The zero-order valence-corrected chi connectivity index (χ0v) is 18.6. The molecule has 4 nitrogen and oxygen atoms in total. The second kappa shape index (κ2) is 18.0. The van der Waals surface area contributed by atoms with E-state index in [1.807, 2.05) is 0 Å². The zero-order chi connectivity index (χ0) is 21.1. The van der Waals surface area contributed by atoms with Crippen LogP contribution >= 0.6 is 0 Å². The van der Waals surface area contributed by atoms with Crippen LogP contribution in [0, 0.1) is 5.41 Å². The van der Waals surface area contributed by atoms with Gasteiger partial charge in [0.2, 0.25) is 0 Å². The van der Waals surface area contributed by atoms with Crippen LogP contribution in [0.15, 0.2) is 0 Å². The van der Waals surface area contributed by atoms with Gasteiger partial charge in [-0.3, -0.25) is 9.59 Å². The summed E-state index contributed by atoms with van der Waals surface area (Å²) in [7, 11) is 0. The lowest BCUT2D eigenvalue weighted by Gasteiger charge is -2.25. The number of unbranched alkanes of at least 4 members (excludes halogenated alkanes) is 15. The monoisotopic (exact) mass is 398 g/mol. The van der Waals surface area contributed by atoms with Gasteiger partial charge in [-0.05, 0) is 12.8 Å². The quantitative estimate of drug-likeness (QED) is 0.154. The minimum Gasteiger partial charge on any atom is -0.480 e. The highest BCUT2D eigenvalue weighted by Crippen LogP contribution is 2.33. The maximum Gasteiger partial charge on any atom is 0.321 e. The molecule has 0 saturated heterocycles.